The number of nitrogens with zero attached hydrogens (tertiary/aromatic N) is 1. The van der Waals surface area contributed by atoms with Crippen LogP contribution in [0.3, 0.4) is 0 Å². The largest absolute Gasteiger partial charge is 0.345 e. The maximum atomic E-state index is 11.6. The normalized spacial score (nSPS) is 20.7. The molecule has 0 aliphatic heterocycles. The molecule has 1 rings (SSSR count). The van der Waals surface area contributed by atoms with Crippen molar-refractivity contribution in [1.29, 1.82) is 0 Å². The zero-order valence-electron chi connectivity index (χ0n) is 15.5. The minimum absolute atomic E-state index is 0.0152. The summed E-state index contributed by atoms with van der Waals surface area (Å²) in [7, 11) is 3.52. The first-order valence-corrected chi connectivity index (χ1v) is 8.43. The summed E-state index contributed by atoms with van der Waals surface area (Å²) < 4.78 is 0. The molecular weight excluding hydrogens is 282 g/mol. The number of rotatable bonds is 5. The molecule has 0 heterocycles. The van der Waals surface area contributed by atoms with Crippen molar-refractivity contribution in [3.63, 3.8) is 0 Å². The highest BCUT2D eigenvalue weighted by Crippen LogP contribution is 2.30. The van der Waals surface area contributed by atoms with Crippen molar-refractivity contribution in [1.82, 2.24) is 4.90 Å². The standard InChI is InChI=1S/C21H31NO/c1-16(9-7-10-17(2)15-21(23)22(5)6)13-14-20-18(3)11-8-12-19(20)4/h7,9-10,13-15,18H,8,11-12H2,1-6H3/b10-7+,14-13+,16-9+,17-15+. The van der Waals surface area contributed by atoms with Crippen LogP contribution < -0.4 is 0 Å². The van der Waals surface area contributed by atoms with E-state index in [-0.39, 0.29) is 5.91 Å². The van der Waals surface area contributed by atoms with E-state index in [4.69, 9.17) is 0 Å². The lowest BCUT2D eigenvalue weighted by atomic mass is 9.84. The Kier molecular flexibility index (Phi) is 7.80. The van der Waals surface area contributed by atoms with Gasteiger partial charge in [0.2, 0.25) is 5.91 Å². The summed E-state index contributed by atoms with van der Waals surface area (Å²) in [5.74, 6) is 0.687. The van der Waals surface area contributed by atoms with E-state index in [0.717, 1.165) is 5.57 Å². The summed E-state index contributed by atoms with van der Waals surface area (Å²) in [5, 5.41) is 0. The van der Waals surface area contributed by atoms with Gasteiger partial charge in [0.15, 0.2) is 0 Å². The van der Waals surface area contributed by atoms with E-state index < -0.39 is 0 Å². The third-order valence-corrected chi connectivity index (χ3v) is 4.25. The molecule has 1 atom stereocenters. The topological polar surface area (TPSA) is 20.3 Å². The number of carbonyl (C=O) groups is 1. The van der Waals surface area contributed by atoms with Crippen LogP contribution in [0.5, 0.6) is 0 Å². The lowest BCUT2D eigenvalue weighted by Gasteiger charge is -2.22. The van der Waals surface area contributed by atoms with Crippen LogP contribution in [-0.2, 0) is 4.79 Å². The number of carbonyl (C=O) groups excluding carboxylic acids is 1. The molecule has 1 aliphatic rings. The van der Waals surface area contributed by atoms with Gasteiger partial charge in [0.05, 0.1) is 0 Å². The molecule has 0 radical (unpaired) electrons. The van der Waals surface area contributed by atoms with E-state index >= 15 is 0 Å². The van der Waals surface area contributed by atoms with Crippen LogP contribution in [0.2, 0.25) is 0 Å². The average Bonchev–Trinajstić information content (AvgIpc) is 2.46. The van der Waals surface area contributed by atoms with E-state index in [2.05, 4.69) is 39.0 Å². The van der Waals surface area contributed by atoms with Gasteiger partial charge in [0.25, 0.3) is 0 Å². The Bertz CT molecular complexity index is 571. The summed E-state index contributed by atoms with van der Waals surface area (Å²) in [6.07, 6.45) is 16.0. The maximum Gasteiger partial charge on any atom is 0.246 e. The molecular formula is C21H31NO. The highest BCUT2D eigenvalue weighted by Gasteiger charge is 2.14. The lowest BCUT2D eigenvalue weighted by Crippen LogP contribution is -2.19. The second-order valence-corrected chi connectivity index (χ2v) is 6.75. The minimum Gasteiger partial charge on any atom is -0.345 e. The minimum atomic E-state index is 0.0152. The molecule has 0 spiro atoms. The van der Waals surface area contributed by atoms with Crippen molar-refractivity contribution in [3.05, 3.63) is 58.7 Å². The van der Waals surface area contributed by atoms with E-state index in [1.165, 1.54) is 36.0 Å². The molecule has 23 heavy (non-hydrogen) atoms. The Balaban J connectivity index is 2.69. The summed E-state index contributed by atoms with van der Waals surface area (Å²) in [4.78, 5) is 13.1. The van der Waals surface area contributed by atoms with Crippen LogP contribution in [-0.4, -0.2) is 24.9 Å². The molecule has 2 heteroatoms. The predicted octanol–water partition coefficient (Wildman–Crippen LogP) is 5.22. The monoisotopic (exact) mass is 313 g/mol. The van der Waals surface area contributed by atoms with Crippen LogP contribution in [0.15, 0.2) is 58.7 Å². The molecule has 2 nitrogen and oxygen atoms in total. The SMILES string of the molecule is CC1=C(/C=C/C(C)=C/C=C/C(C)=C/C(=O)N(C)C)C(C)CCC1. The predicted molar refractivity (Wildman–Crippen MR) is 100 cm³/mol. The van der Waals surface area contributed by atoms with Gasteiger partial charge in [-0.15, -0.1) is 0 Å². The lowest BCUT2D eigenvalue weighted by molar-refractivity contribution is -0.123. The number of allylic oxidation sites excluding steroid dienone is 9. The van der Waals surface area contributed by atoms with Crippen molar-refractivity contribution in [3.8, 4) is 0 Å². The maximum absolute atomic E-state index is 11.6. The number of amides is 1. The summed E-state index contributed by atoms with van der Waals surface area (Å²) in [6.45, 7) is 8.62. The Morgan fingerprint density at radius 1 is 1.17 bits per heavy atom. The third-order valence-electron chi connectivity index (χ3n) is 4.25. The number of hydrogen-bond donors (Lipinski definition) is 0. The summed E-state index contributed by atoms with van der Waals surface area (Å²) >= 11 is 0. The first-order chi connectivity index (χ1) is 10.8. The number of likely N-dealkylation sites (N-methyl/N-ethyl adjacent to an activating group) is 1. The van der Waals surface area contributed by atoms with Crippen molar-refractivity contribution in [2.24, 2.45) is 5.92 Å². The molecule has 126 valence electrons. The molecule has 0 saturated heterocycles. The molecule has 1 amide bonds. The van der Waals surface area contributed by atoms with E-state index in [1.54, 1.807) is 25.1 Å². The van der Waals surface area contributed by atoms with E-state index in [1.807, 2.05) is 19.1 Å². The van der Waals surface area contributed by atoms with Crippen LogP contribution in [0.25, 0.3) is 0 Å². The van der Waals surface area contributed by atoms with Crippen LogP contribution in [0, 0.1) is 5.92 Å². The van der Waals surface area contributed by atoms with Crippen LogP contribution >= 0.6 is 0 Å². The van der Waals surface area contributed by atoms with Crippen molar-refractivity contribution < 1.29 is 4.79 Å². The van der Waals surface area contributed by atoms with Gasteiger partial charge in [-0.3, -0.25) is 4.79 Å². The Hall–Kier alpha value is -1.83. The van der Waals surface area contributed by atoms with E-state index in [9.17, 15) is 4.79 Å². The van der Waals surface area contributed by atoms with Crippen LogP contribution in [0.4, 0.5) is 0 Å². The average molecular weight is 313 g/mol. The third kappa shape index (κ3) is 6.85. The van der Waals surface area contributed by atoms with Gasteiger partial charge in [-0.05, 0) is 57.1 Å². The zero-order chi connectivity index (χ0) is 17.4. The fourth-order valence-corrected chi connectivity index (χ4v) is 2.70. The molecule has 0 aromatic rings. The second-order valence-electron chi connectivity index (χ2n) is 6.75. The molecule has 0 bridgehead atoms. The summed E-state index contributed by atoms with van der Waals surface area (Å²) in [6, 6.07) is 0. The highest BCUT2D eigenvalue weighted by atomic mass is 16.2. The quantitative estimate of drug-likeness (QED) is 0.503. The summed E-state index contributed by atoms with van der Waals surface area (Å²) in [5.41, 5.74) is 5.20. The van der Waals surface area contributed by atoms with Gasteiger partial charge < -0.3 is 4.90 Å². The fraction of sp³-hybridized carbons (Fsp3) is 0.476. The van der Waals surface area contributed by atoms with Gasteiger partial charge >= 0.3 is 0 Å². The first-order valence-electron chi connectivity index (χ1n) is 8.43. The Morgan fingerprint density at radius 3 is 2.48 bits per heavy atom. The highest BCUT2D eigenvalue weighted by molar-refractivity contribution is 5.88. The zero-order valence-corrected chi connectivity index (χ0v) is 15.5. The molecule has 0 aromatic heterocycles. The molecule has 0 aromatic carbocycles. The van der Waals surface area contributed by atoms with E-state index in [0.29, 0.717) is 5.92 Å². The Morgan fingerprint density at radius 2 is 1.87 bits per heavy atom. The van der Waals surface area contributed by atoms with Crippen molar-refractivity contribution in [2.75, 3.05) is 14.1 Å². The molecule has 1 unspecified atom stereocenters. The molecule has 0 N–H and O–H groups in total. The molecule has 0 fully saturated rings. The Labute approximate surface area is 142 Å². The van der Waals surface area contributed by atoms with Gasteiger partial charge in [-0.1, -0.05) is 48.5 Å². The van der Waals surface area contributed by atoms with Gasteiger partial charge in [0, 0.05) is 20.2 Å². The number of hydrogen-bond acceptors (Lipinski definition) is 1. The van der Waals surface area contributed by atoms with Crippen molar-refractivity contribution in [2.45, 2.75) is 47.0 Å². The van der Waals surface area contributed by atoms with Gasteiger partial charge in [-0.25, -0.2) is 0 Å². The first kappa shape index (κ1) is 19.2. The van der Waals surface area contributed by atoms with Crippen molar-refractivity contribution >= 4 is 5.91 Å². The van der Waals surface area contributed by atoms with Crippen LogP contribution in [0.1, 0.15) is 47.0 Å². The fourth-order valence-electron chi connectivity index (χ4n) is 2.70. The van der Waals surface area contributed by atoms with Gasteiger partial charge in [-0.2, -0.15) is 0 Å². The second kappa shape index (κ2) is 9.34. The smallest absolute Gasteiger partial charge is 0.246 e. The molecule has 1 aliphatic carbocycles. The molecule has 0 saturated carbocycles. The van der Waals surface area contributed by atoms with Gasteiger partial charge in [0.1, 0.15) is 0 Å².